The third-order valence-electron chi connectivity index (χ3n) is 1.96. The first kappa shape index (κ1) is 6.85. The smallest absolute Gasteiger partial charge is 0.133 e. The van der Waals surface area contributed by atoms with Crippen molar-refractivity contribution in [2.24, 2.45) is 5.92 Å². The van der Waals surface area contributed by atoms with Crippen LogP contribution in [0.15, 0.2) is 11.5 Å². The minimum Gasteiger partial charge on any atom is -0.251 e. The van der Waals surface area contributed by atoms with Crippen LogP contribution in [0.1, 0.15) is 19.3 Å². The number of rotatable bonds is 1. The molecule has 0 N–H and O–H groups in total. The van der Waals surface area contributed by atoms with Crippen molar-refractivity contribution in [2.75, 3.05) is 6.67 Å². The van der Waals surface area contributed by atoms with Crippen LogP contribution in [-0.4, -0.2) is 14.5 Å². The molecule has 1 aliphatic rings. The summed E-state index contributed by atoms with van der Waals surface area (Å²) in [6, 6.07) is 0. The maximum atomic E-state index is 12.0. The fourth-order valence-electron chi connectivity index (χ4n) is 1.16. The van der Waals surface area contributed by atoms with Gasteiger partial charge in [-0.1, -0.05) is 6.08 Å². The lowest BCUT2D eigenvalue weighted by molar-refractivity contribution is 0.339. The molecule has 0 aromatic carbocycles. The Labute approximate surface area is 56.6 Å². The third kappa shape index (κ3) is 1.85. The van der Waals surface area contributed by atoms with Gasteiger partial charge in [0.2, 0.25) is 0 Å². The molecule has 0 unspecified atom stereocenters. The molecular weight excluding hydrogens is 114 g/mol. The molecule has 1 aliphatic carbocycles. The molecule has 0 heterocycles. The number of halogens is 1. The van der Waals surface area contributed by atoms with Crippen LogP contribution in [0.2, 0.25) is 0 Å². The summed E-state index contributed by atoms with van der Waals surface area (Å²) in [7, 11) is 2.12. The van der Waals surface area contributed by atoms with Crippen LogP contribution in [0.4, 0.5) is 4.39 Å². The van der Waals surface area contributed by atoms with Crippen molar-refractivity contribution in [2.45, 2.75) is 19.3 Å². The van der Waals surface area contributed by atoms with Gasteiger partial charge in [-0.05, 0) is 25.2 Å². The Morgan fingerprint density at radius 3 is 3.00 bits per heavy atom. The molecule has 50 valence electrons. The lowest BCUT2D eigenvalue weighted by Gasteiger charge is -2.16. The zero-order chi connectivity index (χ0) is 6.69. The van der Waals surface area contributed by atoms with Gasteiger partial charge in [-0.25, -0.2) is 0 Å². The van der Waals surface area contributed by atoms with Crippen LogP contribution in [0.3, 0.4) is 0 Å². The number of hydrogen-bond donors (Lipinski definition) is 0. The van der Waals surface area contributed by atoms with E-state index in [1.54, 1.807) is 0 Å². The van der Waals surface area contributed by atoms with Crippen LogP contribution >= 0.6 is 0 Å². The molecule has 0 bridgehead atoms. The van der Waals surface area contributed by atoms with E-state index in [0.717, 1.165) is 19.3 Å². The van der Waals surface area contributed by atoms with E-state index < -0.39 is 0 Å². The van der Waals surface area contributed by atoms with Gasteiger partial charge in [0.1, 0.15) is 7.85 Å². The molecule has 9 heavy (non-hydrogen) atoms. The van der Waals surface area contributed by atoms with Gasteiger partial charge in [0.05, 0.1) is 6.67 Å². The number of alkyl halides is 1. The molecule has 0 saturated carbocycles. The average molecular weight is 126 g/mol. The van der Waals surface area contributed by atoms with Crippen molar-refractivity contribution in [3.05, 3.63) is 11.5 Å². The molecule has 0 fully saturated rings. The number of hydrogen-bond acceptors (Lipinski definition) is 0. The summed E-state index contributed by atoms with van der Waals surface area (Å²) in [6.45, 7) is -0.135. The molecule has 0 aliphatic heterocycles. The summed E-state index contributed by atoms with van der Waals surface area (Å²) in [5.41, 5.74) is 1.43. The second-order valence-electron chi connectivity index (χ2n) is 2.85. The first-order valence-electron chi connectivity index (χ1n) is 3.54. The topological polar surface area (TPSA) is 0 Å². The second-order valence-corrected chi connectivity index (χ2v) is 2.85. The largest absolute Gasteiger partial charge is 0.251 e. The van der Waals surface area contributed by atoms with Gasteiger partial charge in [-0.15, -0.1) is 5.47 Å². The van der Waals surface area contributed by atoms with Gasteiger partial charge >= 0.3 is 0 Å². The van der Waals surface area contributed by atoms with Crippen molar-refractivity contribution in [3.63, 3.8) is 0 Å². The highest BCUT2D eigenvalue weighted by Crippen LogP contribution is 2.21. The fourth-order valence-corrected chi connectivity index (χ4v) is 1.16. The van der Waals surface area contributed by atoms with Gasteiger partial charge in [0, 0.05) is 0 Å². The first-order valence-corrected chi connectivity index (χ1v) is 3.54. The quantitative estimate of drug-likeness (QED) is 0.464. The second kappa shape index (κ2) is 3.04. The Morgan fingerprint density at radius 1 is 1.78 bits per heavy atom. The molecule has 0 amide bonds. The average Bonchev–Trinajstić information content (AvgIpc) is 1.90. The van der Waals surface area contributed by atoms with Gasteiger partial charge in [-0.2, -0.15) is 0 Å². The monoisotopic (exact) mass is 126 g/mol. The highest BCUT2D eigenvalue weighted by atomic mass is 19.1. The van der Waals surface area contributed by atoms with Crippen molar-refractivity contribution in [1.82, 2.24) is 0 Å². The van der Waals surface area contributed by atoms with E-state index in [-0.39, 0.29) is 6.67 Å². The van der Waals surface area contributed by atoms with Crippen LogP contribution in [-0.2, 0) is 0 Å². The van der Waals surface area contributed by atoms with Crippen LogP contribution in [0.25, 0.3) is 0 Å². The minimum absolute atomic E-state index is 0.135. The highest BCUT2D eigenvalue weighted by Gasteiger charge is 2.10. The Bertz CT molecular complexity index is 120. The molecule has 0 radical (unpaired) electrons. The lowest BCUT2D eigenvalue weighted by atomic mass is 9.81. The predicted octanol–water partition coefficient (Wildman–Crippen LogP) is 1.27. The number of allylic oxidation sites excluding steroid dienone is 2. The minimum atomic E-state index is -0.135. The van der Waals surface area contributed by atoms with E-state index >= 15 is 0 Å². The normalized spacial score (nSPS) is 27.7. The van der Waals surface area contributed by atoms with Gasteiger partial charge in [0.15, 0.2) is 0 Å². The Kier molecular flexibility index (Phi) is 2.32. The molecule has 0 aromatic rings. The molecule has 1 rings (SSSR count). The van der Waals surface area contributed by atoms with Gasteiger partial charge in [-0.3, -0.25) is 4.39 Å². The molecule has 0 nitrogen and oxygen atoms in total. The van der Waals surface area contributed by atoms with Gasteiger partial charge in [0.25, 0.3) is 0 Å². The molecule has 0 spiro atoms. The lowest BCUT2D eigenvalue weighted by Crippen LogP contribution is -2.07. The first-order chi connectivity index (χ1) is 4.33. The maximum absolute atomic E-state index is 12.0. The molecule has 1 atom stereocenters. The van der Waals surface area contributed by atoms with Crippen molar-refractivity contribution < 1.29 is 4.39 Å². The zero-order valence-corrected chi connectivity index (χ0v) is 5.86. The van der Waals surface area contributed by atoms with Crippen LogP contribution < -0.4 is 0 Å². The zero-order valence-electron chi connectivity index (χ0n) is 5.86. The summed E-state index contributed by atoms with van der Waals surface area (Å²) >= 11 is 0. The summed E-state index contributed by atoms with van der Waals surface area (Å²) < 4.78 is 12.0. The predicted molar refractivity (Wildman–Crippen MR) is 39.9 cm³/mol. The Balaban J connectivity index is 2.36. The van der Waals surface area contributed by atoms with E-state index in [2.05, 4.69) is 13.9 Å². The van der Waals surface area contributed by atoms with Crippen molar-refractivity contribution in [1.29, 1.82) is 0 Å². The van der Waals surface area contributed by atoms with Gasteiger partial charge < -0.3 is 0 Å². The Hall–Kier alpha value is -0.265. The third-order valence-corrected chi connectivity index (χ3v) is 1.96. The Morgan fingerprint density at radius 2 is 2.56 bits per heavy atom. The van der Waals surface area contributed by atoms with E-state index in [0.29, 0.717) is 5.92 Å². The van der Waals surface area contributed by atoms with Crippen LogP contribution in [0.5, 0.6) is 0 Å². The SMILES string of the molecule is BC1=CC[C@H](CF)CC1. The fraction of sp³-hybridized carbons (Fsp3) is 0.714. The van der Waals surface area contributed by atoms with E-state index in [9.17, 15) is 4.39 Å². The van der Waals surface area contributed by atoms with Crippen molar-refractivity contribution >= 4 is 7.85 Å². The van der Waals surface area contributed by atoms with E-state index in [1.165, 1.54) is 5.47 Å². The standard InChI is InChI=1S/C7H12BF/c8-7-3-1-6(5-9)2-4-7/h3,6H,1-2,4-5,8H2/t6-/m0/s1. The van der Waals surface area contributed by atoms with Crippen LogP contribution in [0, 0.1) is 5.92 Å². The summed E-state index contributed by atoms with van der Waals surface area (Å²) in [5, 5.41) is 0. The summed E-state index contributed by atoms with van der Waals surface area (Å²) in [5.74, 6) is 0.327. The summed E-state index contributed by atoms with van der Waals surface area (Å²) in [6.07, 6.45) is 5.28. The summed E-state index contributed by atoms with van der Waals surface area (Å²) in [4.78, 5) is 0. The molecule has 0 saturated heterocycles. The van der Waals surface area contributed by atoms with Crippen molar-refractivity contribution in [3.8, 4) is 0 Å². The van der Waals surface area contributed by atoms with E-state index in [1.807, 2.05) is 0 Å². The maximum Gasteiger partial charge on any atom is 0.133 e. The molecule has 2 heteroatoms. The molecular formula is C7H12BF. The van der Waals surface area contributed by atoms with E-state index in [4.69, 9.17) is 0 Å². The molecule has 0 aromatic heterocycles. The highest BCUT2D eigenvalue weighted by molar-refractivity contribution is 6.21.